The molecule has 0 heterocycles. The molecule has 0 rings (SSSR count). The SMILES string of the molecule is CCC(C)(O)CNC(=O)CC(C)(C)N. The van der Waals surface area contributed by atoms with E-state index in [0.717, 1.165) is 0 Å². The zero-order chi connectivity index (χ0) is 11.4. The number of nitrogens with two attached hydrogens (primary N) is 1. The van der Waals surface area contributed by atoms with E-state index in [9.17, 15) is 9.90 Å². The Hall–Kier alpha value is -0.610. The van der Waals surface area contributed by atoms with Crippen molar-refractivity contribution in [1.82, 2.24) is 5.32 Å². The summed E-state index contributed by atoms with van der Waals surface area (Å²) in [4.78, 5) is 11.3. The molecule has 1 unspecified atom stereocenters. The molecule has 0 radical (unpaired) electrons. The van der Waals surface area contributed by atoms with Crippen molar-refractivity contribution in [1.29, 1.82) is 0 Å². The summed E-state index contributed by atoms with van der Waals surface area (Å²) >= 11 is 0. The highest BCUT2D eigenvalue weighted by atomic mass is 16.3. The van der Waals surface area contributed by atoms with Crippen LogP contribution in [0.15, 0.2) is 0 Å². The Bertz CT molecular complexity index is 195. The molecule has 14 heavy (non-hydrogen) atoms. The van der Waals surface area contributed by atoms with Crippen LogP contribution < -0.4 is 11.1 Å². The summed E-state index contributed by atoms with van der Waals surface area (Å²) in [6.45, 7) is 7.44. The maximum Gasteiger partial charge on any atom is 0.221 e. The molecule has 1 amide bonds. The average Bonchev–Trinajstić information content (AvgIpc) is 1.98. The van der Waals surface area contributed by atoms with Gasteiger partial charge in [0, 0.05) is 18.5 Å². The van der Waals surface area contributed by atoms with Crippen LogP contribution in [0.1, 0.15) is 40.5 Å². The highest BCUT2D eigenvalue weighted by Crippen LogP contribution is 2.07. The average molecular weight is 202 g/mol. The molecule has 0 spiro atoms. The van der Waals surface area contributed by atoms with E-state index in [0.29, 0.717) is 6.42 Å². The number of aliphatic hydroxyl groups is 1. The molecule has 0 aliphatic rings. The largest absolute Gasteiger partial charge is 0.388 e. The predicted octanol–water partition coefficient (Wildman–Crippen LogP) is 0.391. The van der Waals surface area contributed by atoms with Crippen molar-refractivity contribution in [3.63, 3.8) is 0 Å². The lowest BCUT2D eigenvalue weighted by Crippen LogP contribution is -2.44. The van der Waals surface area contributed by atoms with Crippen LogP contribution in [0.3, 0.4) is 0 Å². The van der Waals surface area contributed by atoms with Gasteiger partial charge in [0.25, 0.3) is 0 Å². The second-order valence-electron chi connectivity index (χ2n) is 4.79. The summed E-state index contributed by atoms with van der Waals surface area (Å²) in [5, 5.41) is 12.3. The molecule has 4 N–H and O–H groups in total. The molecule has 0 saturated carbocycles. The van der Waals surface area contributed by atoms with Crippen LogP contribution in [-0.2, 0) is 4.79 Å². The van der Waals surface area contributed by atoms with Gasteiger partial charge in [-0.1, -0.05) is 6.92 Å². The van der Waals surface area contributed by atoms with Gasteiger partial charge in [-0.25, -0.2) is 0 Å². The number of carbonyl (C=O) groups is 1. The number of nitrogens with one attached hydrogen (secondary N) is 1. The third-order valence-corrected chi connectivity index (χ3v) is 2.04. The molecule has 4 nitrogen and oxygen atoms in total. The van der Waals surface area contributed by atoms with E-state index in [4.69, 9.17) is 5.73 Å². The topological polar surface area (TPSA) is 75.3 Å². The lowest BCUT2D eigenvalue weighted by atomic mass is 10.0. The Morgan fingerprint density at radius 3 is 2.29 bits per heavy atom. The van der Waals surface area contributed by atoms with Gasteiger partial charge in [0.05, 0.1) is 5.60 Å². The summed E-state index contributed by atoms with van der Waals surface area (Å²) < 4.78 is 0. The molecule has 0 aromatic heterocycles. The van der Waals surface area contributed by atoms with Gasteiger partial charge in [-0.15, -0.1) is 0 Å². The summed E-state index contributed by atoms with van der Waals surface area (Å²) in [5.41, 5.74) is 4.36. The fourth-order valence-electron chi connectivity index (χ4n) is 0.890. The zero-order valence-corrected chi connectivity index (χ0v) is 9.55. The van der Waals surface area contributed by atoms with Crippen molar-refractivity contribution >= 4 is 5.91 Å². The summed E-state index contributed by atoms with van der Waals surface area (Å²) in [5.74, 6) is -0.119. The Kier molecular flexibility index (Phi) is 4.55. The van der Waals surface area contributed by atoms with E-state index < -0.39 is 11.1 Å². The minimum atomic E-state index is -0.825. The molecule has 0 fully saturated rings. The fraction of sp³-hybridized carbons (Fsp3) is 0.900. The maximum atomic E-state index is 11.3. The Morgan fingerprint density at radius 2 is 1.93 bits per heavy atom. The lowest BCUT2D eigenvalue weighted by molar-refractivity contribution is -0.123. The van der Waals surface area contributed by atoms with Crippen molar-refractivity contribution in [2.24, 2.45) is 5.73 Å². The highest BCUT2D eigenvalue weighted by molar-refractivity contribution is 5.77. The predicted molar refractivity (Wildman–Crippen MR) is 56.8 cm³/mol. The van der Waals surface area contributed by atoms with E-state index in [1.165, 1.54) is 0 Å². The standard InChI is InChI=1S/C10H22N2O2/c1-5-10(4,14)7-12-8(13)6-9(2,3)11/h14H,5-7,11H2,1-4H3,(H,12,13). The second-order valence-corrected chi connectivity index (χ2v) is 4.79. The first-order valence-corrected chi connectivity index (χ1v) is 4.94. The van der Waals surface area contributed by atoms with E-state index in [-0.39, 0.29) is 18.9 Å². The molecule has 0 aliphatic carbocycles. The summed E-state index contributed by atoms with van der Waals surface area (Å²) in [6.07, 6.45) is 0.881. The second kappa shape index (κ2) is 4.75. The van der Waals surface area contributed by atoms with Crippen molar-refractivity contribution in [3.05, 3.63) is 0 Å². The van der Waals surface area contributed by atoms with Gasteiger partial charge in [0.2, 0.25) is 5.91 Å². The maximum absolute atomic E-state index is 11.3. The number of hydrogen-bond acceptors (Lipinski definition) is 3. The number of carbonyl (C=O) groups excluding carboxylic acids is 1. The minimum Gasteiger partial charge on any atom is -0.388 e. The third kappa shape index (κ3) is 6.86. The van der Waals surface area contributed by atoms with Gasteiger partial charge in [0.15, 0.2) is 0 Å². The molecular weight excluding hydrogens is 180 g/mol. The van der Waals surface area contributed by atoms with E-state index in [1.54, 1.807) is 20.8 Å². The van der Waals surface area contributed by atoms with E-state index >= 15 is 0 Å². The van der Waals surface area contributed by atoms with Crippen LogP contribution in [0.4, 0.5) is 0 Å². The van der Waals surface area contributed by atoms with Gasteiger partial charge in [-0.2, -0.15) is 0 Å². The molecular formula is C10H22N2O2. The highest BCUT2D eigenvalue weighted by Gasteiger charge is 2.21. The molecule has 1 atom stereocenters. The first kappa shape index (κ1) is 13.4. The molecule has 84 valence electrons. The zero-order valence-electron chi connectivity index (χ0n) is 9.55. The molecule has 0 bridgehead atoms. The quantitative estimate of drug-likeness (QED) is 0.603. The molecule has 0 aliphatic heterocycles. The van der Waals surface area contributed by atoms with Gasteiger partial charge in [-0.3, -0.25) is 4.79 Å². The van der Waals surface area contributed by atoms with Crippen LogP contribution in [0.2, 0.25) is 0 Å². The molecule has 4 heteroatoms. The van der Waals surface area contributed by atoms with Crippen LogP contribution in [-0.4, -0.2) is 28.7 Å². The van der Waals surface area contributed by atoms with Crippen LogP contribution >= 0.6 is 0 Å². The monoisotopic (exact) mass is 202 g/mol. The van der Waals surface area contributed by atoms with E-state index in [1.807, 2.05) is 6.92 Å². The number of rotatable bonds is 5. The van der Waals surface area contributed by atoms with Crippen molar-refractivity contribution in [3.8, 4) is 0 Å². The van der Waals surface area contributed by atoms with Crippen molar-refractivity contribution in [2.75, 3.05) is 6.54 Å². The van der Waals surface area contributed by atoms with E-state index in [2.05, 4.69) is 5.32 Å². The minimum absolute atomic E-state index is 0.119. The van der Waals surface area contributed by atoms with Gasteiger partial charge < -0.3 is 16.2 Å². The third-order valence-electron chi connectivity index (χ3n) is 2.04. The number of amides is 1. The van der Waals surface area contributed by atoms with Gasteiger partial charge in [-0.05, 0) is 27.2 Å². The van der Waals surface area contributed by atoms with Crippen LogP contribution in [0.25, 0.3) is 0 Å². The van der Waals surface area contributed by atoms with Crippen molar-refractivity contribution < 1.29 is 9.90 Å². The summed E-state index contributed by atoms with van der Waals surface area (Å²) in [6, 6.07) is 0. The first-order valence-electron chi connectivity index (χ1n) is 4.94. The lowest BCUT2D eigenvalue weighted by Gasteiger charge is -2.23. The first-order chi connectivity index (χ1) is 6.16. The Labute approximate surface area is 85.9 Å². The normalized spacial score (nSPS) is 16.1. The number of hydrogen-bond donors (Lipinski definition) is 3. The molecule has 0 aromatic carbocycles. The van der Waals surface area contributed by atoms with Crippen LogP contribution in [0, 0.1) is 0 Å². The van der Waals surface area contributed by atoms with Gasteiger partial charge in [0.1, 0.15) is 0 Å². The fourth-order valence-corrected chi connectivity index (χ4v) is 0.890. The molecule has 0 aromatic rings. The van der Waals surface area contributed by atoms with Gasteiger partial charge >= 0.3 is 0 Å². The Balaban J connectivity index is 3.87. The smallest absolute Gasteiger partial charge is 0.221 e. The summed E-state index contributed by atoms with van der Waals surface area (Å²) in [7, 11) is 0. The van der Waals surface area contributed by atoms with Crippen LogP contribution in [0.5, 0.6) is 0 Å². The molecule has 0 saturated heterocycles. The Morgan fingerprint density at radius 1 is 1.43 bits per heavy atom. The van der Waals surface area contributed by atoms with Crippen molar-refractivity contribution in [2.45, 2.75) is 51.7 Å².